The number of fused-ring (bicyclic) bond motifs is 1. The van der Waals surface area contributed by atoms with Gasteiger partial charge in [0.2, 0.25) is 0 Å². The SMILES string of the molecule is Fc1cc(F)c2nc(-c3cc(Cl)ccc3Br)[nH]c2c1. The maximum Gasteiger partial charge on any atom is 0.153 e. The molecule has 0 saturated heterocycles. The Morgan fingerprint density at radius 2 is 1.95 bits per heavy atom. The number of aromatic nitrogens is 2. The second kappa shape index (κ2) is 4.58. The fraction of sp³-hybridized carbons (Fsp3) is 0. The van der Waals surface area contributed by atoms with Crippen molar-refractivity contribution in [3.63, 3.8) is 0 Å². The third-order valence-electron chi connectivity index (χ3n) is 2.69. The molecule has 0 amide bonds. The molecule has 1 heterocycles. The van der Waals surface area contributed by atoms with Crippen LogP contribution in [0.1, 0.15) is 0 Å². The monoisotopic (exact) mass is 342 g/mol. The number of imidazole rings is 1. The minimum atomic E-state index is -0.698. The highest BCUT2D eigenvalue weighted by Crippen LogP contribution is 2.31. The number of hydrogen-bond acceptors (Lipinski definition) is 1. The second-order valence-electron chi connectivity index (χ2n) is 3.99. The summed E-state index contributed by atoms with van der Waals surface area (Å²) >= 11 is 9.30. The van der Waals surface area contributed by atoms with E-state index >= 15 is 0 Å². The van der Waals surface area contributed by atoms with Crippen LogP contribution in [0, 0.1) is 11.6 Å². The lowest BCUT2D eigenvalue weighted by Crippen LogP contribution is -1.82. The Morgan fingerprint density at radius 3 is 2.74 bits per heavy atom. The summed E-state index contributed by atoms with van der Waals surface area (Å²) in [5, 5.41) is 0.533. The fourth-order valence-corrected chi connectivity index (χ4v) is 2.46. The van der Waals surface area contributed by atoms with Gasteiger partial charge in [-0.05, 0) is 24.3 Å². The molecule has 19 heavy (non-hydrogen) atoms. The van der Waals surface area contributed by atoms with Gasteiger partial charge in [-0.1, -0.05) is 27.5 Å². The zero-order chi connectivity index (χ0) is 13.6. The molecule has 0 saturated carbocycles. The molecule has 0 aliphatic heterocycles. The van der Waals surface area contributed by atoms with Gasteiger partial charge in [-0.25, -0.2) is 13.8 Å². The van der Waals surface area contributed by atoms with Gasteiger partial charge in [-0.2, -0.15) is 0 Å². The number of hydrogen-bond donors (Lipinski definition) is 1. The average Bonchev–Trinajstić information content (AvgIpc) is 2.76. The van der Waals surface area contributed by atoms with Crippen LogP contribution in [0.25, 0.3) is 22.4 Å². The first-order valence-corrected chi connectivity index (χ1v) is 6.52. The Labute approximate surface area is 120 Å². The molecule has 0 radical (unpaired) electrons. The summed E-state index contributed by atoms with van der Waals surface area (Å²) in [7, 11) is 0. The van der Waals surface area contributed by atoms with Crippen LogP contribution in [0.4, 0.5) is 8.78 Å². The predicted molar refractivity (Wildman–Crippen MR) is 74.2 cm³/mol. The number of nitrogens with one attached hydrogen (secondary N) is 1. The third kappa shape index (κ3) is 2.24. The quantitative estimate of drug-likeness (QED) is 0.667. The van der Waals surface area contributed by atoms with E-state index in [-0.39, 0.29) is 5.52 Å². The van der Waals surface area contributed by atoms with Crippen molar-refractivity contribution in [2.24, 2.45) is 0 Å². The molecular formula is C13H6BrClF2N2. The Hall–Kier alpha value is -1.46. The second-order valence-corrected chi connectivity index (χ2v) is 5.28. The molecule has 0 bridgehead atoms. The lowest BCUT2D eigenvalue weighted by atomic mass is 10.2. The maximum atomic E-state index is 13.6. The number of nitrogens with zero attached hydrogens (tertiary/aromatic N) is 1. The van der Waals surface area contributed by atoms with Gasteiger partial charge in [-0.15, -0.1) is 0 Å². The highest BCUT2D eigenvalue weighted by molar-refractivity contribution is 9.10. The van der Waals surface area contributed by atoms with Crippen molar-refractivity contribution >= 4 is 38.6 Å². The zero-order valence-corrected chi connectivity index (χ0v) is 11.7. The van der Waals surface area contributed by atoms with E-state index in [0.29, 0.717) is 21.9 Å². The summed E-state index contributed by atoms with van der Waals surface area (Å²) in [6, 6.07) is 7.19. The van der Waals surface area contributed by atoms with Crippen molar-refractivity contribution in [3.8, 4) is 11.4 Å². The third-order valence-corrected chi connectivity index (χ3v) is 3.61. The van der Waals surface area contributed by atoms with Gasteiger partial charge >= 0.3 is 0 Å². The Kier molecular flexibility index (Phi) is 3.03. The summed E-state index contributed by atoms with van der Waals surface area (Å²) in [5.41, 5.74) is 1.09. The molecule has 0 spiro atoms. The van der Waals surface area contributed by atoms with Crippen LogP contribution in [-0.4, -0.2) is 9.97 Å². The number of aromatic amines is 1. The molecule has 1 N–H and O–H groups in total. The van der Waals surface area contributed by atoms with Gasteiger partial charge in [0.25, 0.3) is 0 Å². The lowest BCUT2D eigenvalue weighted by molar-refractivity contribution is 0.591. The molecule has 96 valence electrons. The Morgan fingerprint density at radius 1 is 1.16 bits per heavy atom. The fourth-order valence-electron chi connectivity index (χ4n) is 1.85. The molecule has 0 unspecified atom stereocenters. The first-order valence-electron chi connectivity index (χ1n) is 5.35. The first kappa shape index (κ1) is 12.6. The van der Waals surface area contributed by atoms with E-state index in [0.717, 1.165) is 10.5 Å². The Bertz CT molecular complexity index is 786. The van der Waals surface area contributed by atoms with E-state index in [1.807, 2.05) is 0 Å². The highest BCUT2D eigenvalue weighted by Gasteiger charge is 2.13. The summed E-state index contributed by atoms with van der Waals surface area (Å²) in [4.78, 5) is 7.02. The first-order chi connectivity index (χ1) is 9.04. The highest BCUT2D eigenvalue weighted by atomic mass is 79.9. The van der Waals surface area contributed by atoms with Gasteiger partial charge in [0.05, 0.1) is 5.52 Å². The van der Waals surface area contributed by atoms with Crippen LogP contribution < -0.4 is 0 Å². The minimum Gasteiger partial charge on any atom is -0.338 e. The molecule has 3 aromatic rings. The van der Waals surface area contributed by atoms with Crippen LogP contribution in [-0.2, 0) is 0 Å². The number of halogens is 4. The average molecular weight is 344 g/mol. The molecule has 1 aromatic heterocycles. The molecule has 3 rings (SSSR count). The maximum absolute atomic E-state index is 13.6. The van der Waals surface area contributed by atoms with Gasteiger partial charge in [0.1, 0.15) is 17.2 Å². The van der Waals surface area contributed by atoms with Crippen LogP contribution in [0.15, 0.2) is 34.8 Å². The van der Waals surface area contributed by atoms with Crippen molar-refractivity contribution in [2.45, 2.75) is 0 Å². The number of rotatable bonds is 1. The van der Waals surface area contributed by atoms with Gasteiger partial charge in [-0.3, -0.25) is 0 Å². The van der Waals surface area contributed by atoms with Crippen molar-refractivity contribution in [2.75, 3.05) is 0 Å². The predicted octanol–water partition coefficient (Wildman–Crippen LogP) is 4.92. The van der Waals surface area contributed by atoms with E-state index < -0.39 is 11.6 Å². The van der Waals surface area contributed by atoms with Crippen LogP contribution in [0.3, 0.4) is 0 Å². The molecular weight excluding hydrogens is 338 g/mol. The van der Waals surface area contributed by atoms with Crippen molar-refractivity contribution < 1.29 is 8.78 Å². The lowest BCUT2D eigenvalue weighted by Gasteiger charge is -2.00. The van der Waals surface area contributed by atoms with Gasteiger partial charge < -0.3 is 4.98 Å². The van der Waals surface area contributed by atoms with Gasteiger partial charge in [0.15, 0.2) is 5.82 Å². The number of H-pyrrole nitrogens is 1. The summed E-state index contributed by atoms with van der Waals surface area (Å²) < 4.78 is 27.5. The molecule has 0 atom stereocenters. The summed E-state index contributed by atoms with van der Waals surface area (Å²) in [6.45, 7) is 0. The van der Waals surface area contributed by atoms with Gasteiger partial charge in [0, 0.05) is 21.1 Å². The largest absolute Gasteiger partial charge is 0.338 e. The smallest absolute Gasteiger partial charge is 0.153 e. The zero-order valence-electron chi connectivity index (χ0n) is 9.35. The van der Waals surface area contributed by atoms with Crippen molar-refractivity contribution in [3.05, 3.63) is 51.5 Å². The molecule has 0 aliphatic carbocycles. The topological polar surface area (TPSA) is 28.7 Å². The normalized spacial score (nSPS) is 11.2. The van der Waals surface area contributed by atoms with E-state index in [1.54, 1.807) is 18.2 Å². The van der Waals surface area contributed by atoms with Crippen LogP contribution in [0.5, 0.6) is 0 Å². The molecule has 6 heteroatoms. The minimum absolute atomic E-state index is 0.100. The van der Waals surface area contributed by atoms with Crippen molar-refractivity contribution in [1.82, 2.24) is 9.97 Å². The van der Waals surface area contributed by atoms with E-state index in [4.69, 9.17) is 11.6 Å². The number of benzene rings is 2. The standard InChI is InChI=1S/C13H6BrClF2N2/c14-9-2-1-6(15)3-8(9)13-18-11-5-7(16)4-10(17)12(11)19-13/h1-5H,(H,18,19). The molecule has 2 aromatic carbocycles. The van der Waals surface area contributed by atoms with Crippen LogP contribution >= 0.6 is 27.5 Å². The molecule has 2 nitrogen and oxygen atoms in total. The Balaban J connectivity index is 2.26. The summed E-state index contributed by atoms with van der Waals surface area (Å²) in [5.74, 6) is -0.921. The summed E-state index contributed by atoms with van der Waals surface area (Å²) in [6.07, 6.45) is 0. The van der Waals surface area contributed by atoms with Crippen LogP contribution in [0.2, 0.25) is 5.02 Å². The van der Waals surface area contributed by atoms with Crippen molar-refractivity contribution in [1.29, 1.82) is 0 Å². The molecule has 0 aliphatic rings. The molecule has 0 fully saturated rings. The van der Waals surface area contributed by atoms with E-state index in [1.165, 1.54) is 6.07 Å². The van der Waals surface area contributed by atoms with E-state index in [2.05, 4.69) is 25.9 Å². The van der Waals surface area contributed by atoms with E-state index in [9.17, 15) is 8.78 Å².